The molecule has 4 N–H and O–H groups in total. The molecule has 11 heteroatoms. The van der Waals surface area contributed by atoms with E-state index in [2.05, 4.69) is 21.1 Å². The van der Waals surface area contributed by atoms with Crippen molar-refractivity contribution >= 4 is 17.6 Å². The number of nitrogens with one attached hydrogen (secondary N) is 3. The Balaban J connectivity index is 1.85. The fourth-order valence-electron chi connectivity index (χ4n) is 3.19. The van der Waals surface area contributed by atoms with Crippen LogP contribution < -0.4 is 20.7 Å². The van der Waals surface area contributed by atoms with Gasteiger partial charge in [0.2, 0.25) is 0 Å². The number of amides is 2. The number of aliphatic hydroxyl groups is 1. The molecule has 8 nitrogen and oxygen atoms in total. The molecule has 2 amide bonds. The SMILES string of the molecule is COc1cc(F)c([C@@H]2CN/C(=N\OCCO)C2NC(=O)Nc2ccc(F)cc2)c(F)c1. The Bertz CT molecular complexity index is 933. The Morgan fingerprint density at radius 1 is 1.23 bits per heavy atom. The summed E-state index contributed by atoms with van der Waals surface area (Å²) < 4.78 is 47.3. The molecule has 0 saturated carbocycles. The molecule has 2 atom stereocenters. The molecule has 1 heterocycles. The van der Waals surface area contributed by atoms with Crippen LogP contribution in [-0.2, 0) is 4.84 Å². The number of rotatable bonds is 7. The van der Waals surface area contributed by atoms with E-state index in [-0.39, 0.29) is 36.9 Å². The zero-order valence-electron chi connectivity index (χ0n) is 16.5. The fourth-order valence-corrected chi connectivity index (χ4v) is 3.19. The Hall–Kier alpha value is -3.47. The predicted molar refractivity (Wildman–Crippen MR) is 106 cm³/mol. The first-order valence-electron chi connectivity index (χ1n) is 9.33. The number of oxime groups is 1. The molecule has 0 aliphatic carbocycles. The van der Waals surface area contributed by atoms with E-state index < -0.39 is 35.4 Å². The minimum Gasteiger partial charge on any atom is -0.497 e. The number of amidine groups is 1. The molecular formula is C20H21F3N4O4. The van der Waals surface area contributed by atoms with Crippen molar-refractivity contribution in [1.82, 2.24) is 10.6 Å². The van der Waals surface area contributed by atoms with Gasteiger partial charge in [0, 0.05) is 35.8 Å². The third kappa shape index (κ3) is 5.37. The van der Waals surface area contributed by atoms with Crippen LogP contribution in [0, 0.1) is 17.5 Å². The monoisotopic (exact) mass is 438 g/mol. The van der Waals surface area contributed by atoms with Gasteiger partial charge in [-0.25, -0.2) is 18.0 Å². The summed E-state index contributed by atoms with van der Waals surface area (Å²) >= 11 is 0. The van der Waals surface area contributed by atoms with Gasteiger partial charge in [-0.3, -0.25) is 0 Å². The molecule has 1 fully saturated rings. The van der Waals surface area contributed by atoms with Crippen LogP contribution >= 0.6 is 0 Å². The molecule has 1 saturated heterocycles. The summed E-state index contributed by atoms with van der Waals surface area (Å²) in [6.45, 7) is -0.330. The van der Waals surface area contributed by atoms with Gasteiger partial charge in [0.1, 0.15) is 35.8 Å². The Labute approximate surface area is 176 Å². The molecule has 166 valence electrons. The predicted octanol–water partition coefficient (Wildman–Crippen LogP) is 2.31. The number of benzene rings is 2. The van der Waals surface area contributed by atoms with E-state index >= 15 is 0 Å². The standard InChI is InChI=1S/C20H21F3N4O4/c1-30-13-8-15(22)17(16(23)9-13)14-10-24-19(27-31-7-6-28)18(14)26-20(29)25-12-4-2-11(21)3-5-12/h2-5,8-9,14,18,28H,6-7,10H2,1H3,(H,24,27)(H2,25,26,29)/t14-,18?/m0/s1. The number of halogens is 3. The van der Waals surface area contributed by atoms with Crippen LogP contribution in [0.1, 0.15) is 11.5 Å². The minimum atomic E-state index is -0.975. The number of urea groups is 1. The van der Waals surface area contributed by atoms with Crippen molar-refractivity contribution < 1.29 is 32.6 Å². The second-order valence-corrected chi connectivity index (χ2v) is 6.61. The van der Waals surface area contributed by atoms with Crippen LogP contribution in [0.4, 0.5) is 23.7 Å². The second kappa shape index (κ2) is 10.0. The lowest BCUT2D eigenvalue weighted by Gasteiger charge is -2.21. The number of nitrogens with zero attached hydrogens (tertiary/aromatic N) is 1. The zero-order chi connectivity index (χ0) is 22.4. The molecular weight excluding hydrogens is 417 g/mol. The molecule has 0 radical (unpaired) electrons. The number of hydrogen-bond donors (Lipinski definition) is 4. The summed E-state index contributed by atoms with van der Waals surface area (Å²) in [5, 5.41) is 20.7. The van der Waals surface area contributed by atoms with E-state index in [9.17, 15) is 18.0 Å². The summed E-state index contributed by atoms with van der Waals surface area (Å²) in [6.07, 6.45) is 0. The maximum absolute atomic E-state index is 14.7. The summed E-state index contributed by atoms with van der Waals surface area (Å²) in [4.78, 5) is 17.4. The third-order valence-electron chi connectivity index (χ3n) is 4.59. The largest absolute Gasteiger partial charge is 0.497 e. The first-order valence-corrected chi connectivity index (χ1v) is 9.33. The first kappa shape index (κ1) is 22.2. The van der Waals surface area contributed by atoms with E-state index in [4.69, 9.17) is 14.7 Å². The van der Waals surface area contributed by atoms with E-state index in [0.29, 0.717) is 5.69 Å². The topological polar surface area (TPSA) is 104 Å². The lowest BCUT2D eigenvalue weighted by molar-refractivity contribution is 0.0974. The van der Waals surface area contributed by atoms with Gasteiger partial charge in [-0.15, -0.1) is 0 Å². The van der Waals surface area contributed by atoms with Gasteiger partial charge in [-0.1, -0.05) is 5.16 Å². The number of anilines is 1. The summed E-state index contributed by atoms with van der Waals surface area (Å²) in [7, 11) is 1.29. The average molecular weight is 438 g/mol. The van der Waals surface area contributed by atoms with Gasteiger partial charge in [-0.2, -0.15) is 0 Å². The molecule has 1 aliphatic heterocycles. The quantitative estimate of drug-likeness (QED) is 0.392. The highest BCUT2D eigenvalue weighted by Gasteiger charge is 2.39. The number of carbonyl (C=O) groups excluding carboxylic acids is 1. The van der Waals surface area contributed by atoms with Crippen molar-refractivity contribution in [3.05, 3.63) is 59.4 Å². The normalized spacial score (nSPS) is 19.1. The van der Waals surface area contributed by atoms with Gasteiger partial charge in [0.15, 0.2) is 5.84 Å². The molecule has 1 aliphatic rings. The number of aliphatic hydroxyl groups excluding tert-OH is 1. The van der Waals surface area contributed by atoms with E-state index in [0.717, 1.165) is 12.1 Å². The van der Waals surface area contributed by atoms with Crippen LogP contribution in [0.15, 0.2) is 41.6 Å². The van der Waals surface area contributed by atoms with E-state index in [1.807, 2.05) is 0 Å². The highest BCUT2D eigenvalue weighted by atomic mass is 19.1. The van der Waals surface area contributed by atoms with Crippen molar-refractivity contribution in [1.29, 1.82) is 0 Å². The Morgan fingerprint density at radius 2 is 1.90 bits per heavy atom. The summed E-state index contributed by atoms with van der Waals surface area (Å²) in [6, 6.07) is 5.49. The summed E-state index contributed by atoms with van der Waals surface area (Å²) in [5.74, 6) is -2.86. The molecule has 2 aromatic rings. The number of hydrogen-bond acceptors (Lipinski definition) is 5. The molecule has 0 spiro atoms. The van der Waals surface area contributed by atoms with Crippen LogP contribution in [0.2, 0.25) is 0 Å². The zero-order valence-corrected chi connectivity index (χ0v) is 16.5. The Kier molecular flexibility index (Phi) is 7.19. The maximum atomic E-state index is 14.7. The highest BCUT2D eigenvalue weighted by Crippen LogP contribution is 2.31. The molecule has 2 aromatic carbocycles. The van der Waals surface area contributed by atoms with Crippen LogP contribution in [-0.4, -0.2) is 49.9 Å². The average Bonchev–Trinajstić information content (AvgIpc) is 3.11. The van der Waals surface area contributed by atoms with Crippen molar-refractivity contribution in [2.24, 2.45) is 5.16 Å². The minimum absolute atomic E-state index is 0.0171. The van der Waals surface area contributed by atoms with Crippen LogP contribution in [0.5, 0.6) is 5.75 Å². The van der Waals surface area contributed by atoms with E-state index in [1.165, 1.54) is 31.4 Å². The van der Waals surface area contributed by atoms with Crippen LogP contribution in [0.3, 0.4) is 0 Å². The van der Waals surface area contributed by atoms with Crippen molar-refractivity contribution in [3.63, 3.8) is 0 Å². The number of carbonyl (C=O) groups is 1. The van der Waals surface area contributed by atoms with Gasteiger partial charge in [0.25, 0.3) is 0 Å². The summed E-state index contributed by atoms with van der Waals surface area (Å²) in [5.41, 5.74) is 0.0611. The van der Waals surface area contributed by atoms with E-state index in [1.54, 1.807) is 0 Å². The van der Waals surface area contributed by atoms with Crippen molar-refractivity contribution in [2.75, 3.05) is 32.2 Å². The van der Waals surface area contributed by atoms with Gasteiger partial charge in [-0.05, 0) is 24.3 Å². The smallest absolute Gasteiger partial charge is 0.319 e. The number of ether oxygens (including phenoxy) is 1. The van der Waals surface area contributed by atoms with Crippen LogP contribution in [0.25, 0.3) is 0 Å². The maximum Gasteiger partial charge on any atom is 0.319 e. The molecule has 0 bridgehead atoms. The lowest BCUT2D eigenvalue weighted by atomic mass is 9.92. The van der Waals surface area contributed by atoms with Gasteiger partial charge < -0.3 is 30.6 Å². The van der Waals surface area contributed by atoms with Crippen molar-refractivity contribution in [3.8, 4) is 5.75 Å². The van der Waals surface area contributed by atoms with Crippen molar-refractivity contribution in [2.45, 2.75) is 12.0 Å². The molecule has 31 heavy (non-hydrogen) atoms. The van der Waals surface area contributed by atoms with Gasteiger partial charge in [0.05, 0.1) is 13.7 Å². The molecule has 3 rings (SSSR count). The Morgan fingerprint density at radius 3 is 2.52 bits per heavy atom. The fraction of sp³-hybridized carbons (Fsp3) is 0.300. The van der Waals surface area contributed by atoms with Gasteiger partial charge >= 0.3 is 6.03 Å². The third-order valence-corrected chi connectivity index (χ3v) is 4.59. The highest BCUT2D eigenvalue weighted by molar-refractivity contribution is 5.97. The lowest BCUT2D eigenvalue weighted by Crippen LogP contribution is -2.45. The second-order valence-electron chi connectivity index (χ2n) is 6.61. The number of methoxy groups -OCH3 is 1. The first-order chi connectivity index (χ1) is 14.9. The molecule has 1 unspecified atom stereocenters. The molecule has 0 aromatic heterocycles.